The van der Waals surface area contributed by atoms with Crippen LogP contribution in [0.2, 0.25) is 0 Å². The molecule has 16 heavy (non-hydrogen) atoms. The maximum atomic E-state index is 13.7. The highest BCUT2D eigenvalue weighted by molar-refractivity contribution is 9.10. The number of hydrogen-bond acceptors (Lipinski definition) is 2. The summed E-state index contributed by atoms with van der Waals surface area (Å²) in [4.78, 5) is 12.1. The lowest BCUT2D eigenvalue weighted by Gasteiger charge is -2.23. The van der Waals surface area contributed by atoms with E-state index in [1.165, 1.54) is 6.07 Å². The first kappa shape index (κ1) is 11.7. The second kappa shape index (κ2) is 3.93. The number of halogens is 2. The standard InChI is InChI=1S/C12H13BrFNO/c1-12(15,7-5-6-7)11(16)8-3-2-4-9(13)10(8)14/h2-4,7H,5-6,15H2,1H3. The SMILES string of the molecule is CC(N)(C(=O)c1cccc(Br)c1F)C1CC1. The van der Waals surface area contributed by atoms with Crippen LogP contribution in [0.5, 0.6) is 0 Å². The second-order valence-corrected chi connectivity index (χ2v) is 5.34. The van der Waals surface area contributed by atoms with E-state index in [0.29, 0.717) is 4.47 Å². The summed E-state index contributed by atoms with van der Waals surface area (Å²) >= 11 is 3.07. The Balaban J connectivity index is 2.37. The first-order chi connectivity index (χ1) is 7.44. The molecule has 0 aliphatic heterocycles. The van der Waals surface area contributed by atoms with Crippen molar-refractivity contribution in [1.29, 1.82) is 0 Å². The summed E-state index contributed by atoms with van der Waals surface area (Å²) in [5.74, 6) is -0.642. The minimum atomic E-state index is -0.943. The molecule has 0 aromatic heterocycles. The fourth-order valence-corrected chi connectivity index (χ4v) is 2.20. The second-order valence-electron chi connectivity index (χ2n) is 4.49. The molecule has 2 rings (SSSR count). The van der Waals surface area contributed by atoms with Crippen LogP contribution in [0.25, 0.3) is 0 Å². The molecule has 1 aromatic rings. The molecule has 1 saturated carbocycles. The van der Waals surface area contributed by atoms with Crippen LogP contribution in [0.15, 0.2) is 22.7 Å². The molecule has 1 aromatic carbocycles. The Kier molecular flexibility index (Phi) is 2.88. The van der Waals surface area contributed by atoms with Gasteiger partial charge >= 0.3 is 0 Å². The maximum absolute atomic E-state index is 13.7. The number of Topliss-reactive ketones (excluding diaryl/α,β-unsaturated/α-hetero) is 1. The normalized spacial score (nSPS) is 19.2. The van der Waals surface area contributed by atoms with Crippen LogP contribution in [0, 0.1) is 11.7 Å². The van der Waals surface area contributed by atoms with Crippen molar-refractivity contribution in [1.82, 2.24) is 0 Å². The Labute approximate surface area is 102 Å². The molecule has 2 nitrogen and oxygen atoms in total. The predicted molar refractivity (Wildman–Crippen MR) is 63.7 cm³/mol. The van der Waals surface area contributed by atoms with Crippen LogP contribution in [-0.4, -0.2) is 11.3 Å². The zero-order chi connectivity index (χ0) is 11.9. The lowest BCUT2D eigenvalue weighted by Crippen LogP contribution is -2.47. The van der Waals surface area contributed by atoms with Gasteiger partial charge in [0.2, 0.25) is 0 Å². The molecule has 1 aliphatic rings. The molecular formula is C12H13BrFNO. The minimum Gasteiger partial charge on any atom is -0.319 e. The largest absolute Gasteiger partial charge is 0.319 e. The fraction of sp³-hybridized carbons (Fsp3) is 0.417. The van der Waals surface area contributed by atoms with E-state index in [0.717, 1.165) is 12.8 Å². The van der Waals surface area contributed by atoms with Crippen LogP contribution >= 0.6 is 15.9 Å². The van der Waals surface area contributed by atoms with Gasteiger partial charge in [-0.3, -0.25) is 4.79 Å². The van der Waals surface area contributed by atoms with Crippen molar-refractivity contribution in [3.05, 3.63) is 34.1 Å². The van der Waals surface area contributed by atoms with Gasteiger partial charge in [-0.25, -0.2) is 4.39 Å². The molecule has 1 aliphatic carbocycles. The van der Waals surface area contributed by atoms with E-state index in [1.807, 2.05) is 0 Å². The van der Waals surface area contributed by atoms with E-state index in [1.54, 1.807) is 19.1 Å². The van der Waals surface area contributed by atoms with Crippen LogP contribution in [-0.2, 0) is 0 Å². The van der Waals surface area contributed by atoms with Gasteiger partial charge in [0.15, 0.2) is 5.78 Å². The molecule has 1 atom stereocenters. The van der Waals surface area contributed by atoms with Gasteiger partial charge < -0.3 is 5.73 Å². The monoisotopic (exact) mass is 285 g/mol. The number of hydrogen-bond donors (Lipinski definition) is 1. The zero-order valence-corrected chi connectivity index (χ0v) is 10.6. The number of carbonyl (C=O) groups excluding carboxylic acids is 1. The van der Waals surface area contributed by atoms with Crippen molar-refractivity contribution >= 4 is 21.7 Å². The smallest absolute Gasteiger partial charge is 0.185 e. The number of rotatable bonds is 3. The molecule has 0 radical (unpaired) electrons. The van der Waals surface area contributed by atoms with Crippen LogP contribution in [0.1, 0.15) is 30.1 Å². The summed E-state index contributed by atoms with van der Waals surface area (Å²) in [5, 5.41) is 0. The van der Waals surface area contributed by atoms with Gasteiger partial charge in [-0.15, -0.1) is 0 Å². The molecule has 0 saturated heterocycles. The van der Waals surface area contributed by atoms with Crippen LogP contribution in [0.4, 0.5) is 4.39 Å². The third kappa shape index (κ3) is 1.92. The Morgan fingerprint density at radius 1 is 1.56 bits per heavy atom. The summed E-state index contributed by atoms with van der Waals surface area (Å²) < 4.78 is 14.0. The molecule has 0 bridgehead atoms. The highest BCUT2D eigenvalue weighted by Gasteiger charge is 2.44. The van der Waals surface area contributed by atoms with Crippen molar-refractivity contribution in [2.75, 3.05) is 0 Å². The zero-order valence-electron chi connectivity index (χ0n) is 8.97. The topological polar surface area (TPSA) is 43.1 Å². The molecule has 86 valence electrons. The van der Waals surface area contributed by atoms with E-state index in [4.69, 9.17) is 5.73 Å². The van der Waals surface area contributed by atoms with E-state index in [9.17, 15) is 9.18 Å². The van der Waals surface area contributed by atoms with Gasteiger partial charge in [0.25, 0.3) is 0 Å². The third-order valence-electron chi connectivity index (χ3n) is 3.11. The highest BCUT2D eigenvalue weighted by atomic mass is 79.9. The van der Waals surface area contributed by atoms with Crippen LogP contribution in [0.3, 0.4) is 0 Å². The van der Waals surface area contributed by atoms with Gasteiger partial charge in [0, 0.05) is 0 Å². The van der Waals surface area contributed by atoms with Crippen molar-refractivity contribution < 1.29 is 9.18 Å². The summed E-state index contributed by atoms with van der Waals surface area (Å²) in [5.41, 5.74) is 5.12. The average molecular weight is 286 g/mol. The highest BCUT2D eigenvalue weighted by Crippen LogP contribution is 2.40. The predicted octanol–water partition coefficient (Wildman–Crippen LogP) is 2.90. The Morgan fingerprint density at radius 2 is 2.19 bits per heavy atom. The molecule has 0 spiro atoms. The van der Waals surface area contributed by atoms with E-state index < -0.39 is 11.4 Å². The number of carbonyl (C=O) groups is 1. The average Bonchev–Trinajstić information content (AvgIpc) is 3.04. The van der Waals surface area contributed by atoms with Gasteiger partial charge in [-0.2, -0.15) is 0 Å². The van der Waals surface area contributed by atoms with Crippen molar-refractivity contribution in [2.24, 2.45) is 11.7 Å². The number of benzene rings is 1. The van der Waals surface area contributed by atoms with E-state index in [-0.39, 0.29) is 17.3 Å². The Morgan fingerprint density at radius 3 is 2.75 bits per heavy atom. The van der Waals surface area contributed by atoms with E-state index in [2.05, 4.69) is 15.9 Å². The fourth-order valence-electron chi connectivity index (χ4n) is 1.84. The first-order valence-electron chi connectivity index (χ1n) is 5.22. The number of nitrogens with two attached hydrogens (primary N) is 1. The lowest BCUT2D eigenvalue weighted by molar-refractivity contribution is 0.0879. The van der Waals surface area contributed by atoms with Crippen molar-refractivity contribution in [2.45, 2.75) is 25.3 Å². The van der Waals surface area contributed by atoms with Crippen molar-refractivity contribution in [3.8, 4) is 0 Å². The van der Waals surface area contributed by atoms with Gasteiger partial charge in [-0.05, 0) is 53.7 Å². The first-order valence-corrected chi connectivity index (χ1v) is 6.01. The molecule has 0 amide bonds. The van der Waals surface area contributed by atoms with Gasteiger partial charge in [0.05, 0.1) is 15.6 Å². The number of ketones is 1. The summed E-state index contributed by atoms with van der Waals surface area (Å²) in [6.07, 6.45) is 1.91. The van der Waals surface area contributed by atoms with Gasteiger partial charge in [0.1, 0.15) is 5.82 Å². The summed E-state index contributed by atoms with van der Waals surface area (Å²) in [6.45, 7) is 1.69. The molecule has 1 unspecified atom stereocenters. The molecule has 0 heterocycles. The van der Waals surface area contributed by atoms with Gasteiger partial charge in [-0.1, -0.05) is 6.07 Å². The van der Waals surface area contributed by atoms with Crippen LogP contribution < -0.4 is 5.73 Å². The Hall–Kier alpha value is -0.740. The lowest BCUT2D eigenvalue weighted by atomic mass is 9.87. The minimum absolute atomic E-state index is 0.0753. The third-order valence-corrected chi connectivity index (χ3v) is 3.72. The molecule has 4 heteroatoms. The van der Waals surface area contributed by atoms with Crippen molar-refractivity contribution in [3.63, 3.8) is 0 Å². The molecular weight excluding hydrogens is 273 g/mol. The Bertz CT molecular complexity index is 441. The quantitative estimate of drug-likeness (QED) is 0.868. The molecule has 1 fully saturated rings. The molecule has 2 N–H and O–H groups in total. The summed E-state index contributed by atoms with van der Waals surface area (Å²) in [6, 6.07) is 4.69. The van der Waals surface area contributed by atoms with E-state index >= 15 is 0 Å². The summed E-state index contributed by atoms with van der Waals surface area (Å²) in [7, 11) is 0. The maximum Gasteiger partial charge on any atom is 0.185 e.